The fourth-order valence-electron chi connectivity index (χ4n) is 3.58. The summed E-state index contributed by atoms with van der Waals surface area (Å²) in [5, 5.41) is 12.5. The van der Waals surface area contributed by atoms with Crippen LogP contribution in [0.4, 0.5) is 11.4 Å². The fraction of sp³-hybridized carbons (Fsp3) is 0.174. The molecule has 1 amide bonds. The van der Waals surface area contributed by atoms with Crippen LogP contribution in [0.15, 0.2) is 48.5 Å². The summed E-state index contributed by atoms with van der Waals surface area (Å²) in [4.78, 5) is 26.8. The molecule has 2 aromatic carbocycles. The molecule has 0 aliphatic heterocycles. The molecule has 146 valence electrons. The van der Waals surface area contributed by atoms with Crippen molar-refractivity contribution in [2.45, 2.75) is 20.3 Å². The quantitative estimate of drug-likeness (QED) is 0.596. The van der Waals surface area contributed by atoms with Crippen LogP contribution in [0.2, 0.25) is 0 Å². The number of hydrogen-bond donors (Lipinski definition) is 2. The van der Waals surface area contributed by atoms with Crippen molar-refractivity contribution in [1.29, 1.82) is 0 Å². The number of aromatic nitrogens is 1. The van der Waals surface area contributed by atoms with Gasteiger partial charge in [-0.15, -0.1) is 0 Å². The van der Waals surface area contributed by atoms with Gasteiger partial charge in [-0.1, -0.05) is 43.3 Å². The first-order valence-electron chi connectivity index (χ1n) is 9.18. The molecular weight excluding hydrogens is 366 g/mol. The number of aromatic carboxylic acids is 1. The predicted octanol–water partition coefficient (Wildman–Crippen LogP) is 5.13. The number of hydrogen-bond acceptors (Lipinski definition) is 2. The minimum Gasteiger partial charge on any atom is -0.477 e. The van der Waals surface area contributed by atoms with Crippen LogP contribution in [-0.4, -0.2) is 21.6 Å². The molecule has 0 fully saturated rings. The molecule has 0 atom stereocenters. The molecule has 0 unspecified atom stereocenters. The predicted molar refractivity (Wildman–Crippen MR) is 113 cm³/mol. The molecule has 6 nitrogen and oxygen atoms in total. The van der Waals surface area contributed by atoms with Gasteiger partial charge >= 0.3 is 5.97 Å². The van der Waals surface area contributed by atoms with Crippen molar-refractivity contribution in [3.63, 3.8) is 0 Å². The Labute approximate surface area is 169 Å². The largest absolute Gasteiger partial charge is 0.477 e. The summed E-state index contributed by atoms with van der Waals surface area (Å²) in [5.74, 6) is -1.19. The Bertz CT molecular complexity index is 1140. The van der Waals surface area contributed by atoms with Crippen molar-refractivity contribution in [3.8, 4) is 22.3 Å². The Morgan fingerprint density at radius 1 is 1.10 bits per heavy atom. The summed E-state index contributed by atoms with van der Waals surface area (Å²) in [6, 6.07) is 14.9. The lowest BCUT2D eigenvalue weighted by Crippen LogP contribution is -2.07. The molecule has 0 bridgehead atoms. The number of carbonyl (C=O) groups is 2. The van der Waals surface area contributed by atoms with Gasteiger partial charge in [0.05, 0.1) is 6.57 Å². The highest BCUT2D eigenvalue weighted by Crippen LogP contribution is 2.40. The number of rotatable bonds is 5. The SMILES string of the molecule is [C-]#[N+]c1c(-c2ccc(-c3cccc(NC(C)=O)c3)cc2)c(C(=O)O)n(C)c1CC. The molecule has 0 saturated carbocycles. The van der Waals surface area contributed by atoms with E-state index in [1.54, 1.807) is 11.6 Å². The summed E-state index contributed by atoms with van der Waals surface area (Å²) < 4.78 is 1.59. The van der Waals surface area contributed by atoms with E-state index >= 15 is 0 Å². The number of benzene rings is 2. The maximum Gasteiger partial charge on any atom is 0.351 e. The molecule has 3 rings (SSSR count). The van der Waals surface area contributed by atoms with Gasteiger partial charge in [-0.2, -0.15) is 0 Å². The Morgan fingerprint density at radius 3 is 2.31 bits per heavy atom. The van der Waals surface area contributed by atoms with Crippen LogP contribution >= 0.6 is 0 Å². The first-order valence-corrected chi connectivity index (χ1v) is 9.18. The van der Waals surface area contributed by atoms with Gasteiger partial charge in [0, 0.05) is 30.9 Å². The van der Waals surface area contributed by atoms with Crippen LogP contribution in [0.5, 0.6) is 0 Å². The molecule has 1 heterocycles. The van der Waals surface area contributed by atoms with Gasteiger partial charge in [-0.25, -0.2) is 9.64 Å². The molecule has 6 heteroatoms. The monoisotopic (exact) mass is 387 g/mol. The van der Waals surface area contributed by atoms with Crippen LogP contribution in [0, 0.1) is 6.57 Å². The molecule has 29 heavy (non-hydrogen) atoms. The zero-order valence-corrected chi connectivity index (χ0v) is 16.5. The molecule has 2 N–H and O–H groups in total. The third-order valence-electron chi connectivity index (χ3n) is 4.83. The van der Waals surface area contributed by atoms with Crippen LogP contribution < -0.4 is 5.32 Å². The number of carboxylic acid groups (broad SMARTS) is 1. The summed E-state index contributed by atoms with van der Waals surface area (Å²) in [6.07, 6.45) is 0.572. The second-order valence-corrected chi connectivity index (χ2v) is 6.69. The lowest BCUT2D eigenvalue weighted by molar-refractivity contribution is -0.114. The molecular formula is C23H21N3O3. The van der Waals surface area contributed by atoms with E-state index in [1.807, 2.05) is 55.5 Å². The standard InChI is InChI=1S/C23H21N3O3/c1-5-19-21(24-3)20(22(23(28)29)26(19)4)16-11-9-15(10-12-16)17-7-6-8-18(13-17)25-14(2)27/h6-13H,5H2,1-2,4H3,(H,25,27)(H,28,29). The van der Waals surface area contributed by atoms with Crippen molar-refractivity contribution in [3.05, 3.63) is 71.3 Å². The summed E-state index contributed by atoms with van der Waals surface area (Å²) in [7, 11) is 1.68. The Morgan fingerprint density at radius 2 is 1.76 bits per heavy atom. The minimum absolute atomic E-state index is 0.119. The average Bonchev–Trinajstić information content (AvgIpc) is 2.99. The normalized spacial score (nSPS) is 10.4. The first kappa shape index (κ1) is 19.9. The maximum atomic E-state index is 11.9. The minimum atomic E-state index is -1.06. The zero-order valence-electron chi connectivity index (χ0n) is 16.5. The summed E-state index contributed by atoms with van der Waals surface area (Å²) >= 11 is 0. The molecule has 0 saturated heterocycles. The van der Waals surface area contributed by atoms with Crippen molar-refractivity contribution < 1.29 is 14.7 Å². The lowest BCUT2D eigenvalue weighted by atomic mass is 9.99. The van der Waals surface area contributed by atoms with E-state index in [1.165, 1.54) is 6.92 Å². The molecule has 0 radical (unpaired) electrons. The number of carboxylic acids is 1. The van der Waals surface area contributed by atoms with Crippen LogP contribution in [0.3, 0.4) is 0 Å². The molecule has 1 aromatic heterocycles. The van der Waals surface area contributed by atoms with Gasteiger partial charge in [0.2, 0.25) is 11.6 Å². The van der Waals surface area contributed by atoms with Gasteiger partial charge in [0.15, 0.2) is 0 Å². The summed E-state index contributed by atoms with van der Waals surface area (Å²) in [5.41, 5.74) is 4.90. The van der Waals surface area contributed by atoms with E-state index in [9.17, 15) is 14.7 Å². The number of nitrogens with zero attached hydrogens (tertiary/aromatic N) is 2. The smallest absolute Gasteiger partial charge is 0.351 e. The lowest BCUT2D eigenvalue weighted by Gasteiger charge is -2.08. The van der Waals surface area contributed by atoms with Crippen LogP contribution in [0.1, 0.15) is 30.0 Å². The topological polar surface area (TPSA) is 75.7 Å². The van der Waals surface area contributed by atoms with E-state index in [4.69, 9.17) is 6.57 Å². The number of anilines is 1. The second-order valence-electron chi connectivity index (χ2n) is 6.69. The number of nitrogens with one attached hydrogen (secondary N) is 1. The van der Waals surface area contributed by atoms with Crippen molar-refractivity contribution in [1.82, 2.24) is 4.57 Å². The zero-order chi connectivity index (χ0) is 21.1. The molecule has 0 aliphatic carbocycles. The van der Waals surface area contributed by atoms with Crippen molar-refractivity contribution >= 4 is 23.3 Å². The van der Waals surface area contributed by atoms with E-state index in [-0.39, 0.29) is 11.6 Å². The van der Waals surface area contributed by atoms with Crippen LogP contribution in [-0.2, 0) is 18.3 Å². The third-order valence-corrected chi connectivity index (χ3v) is 4.83. The Balaban J connectivity index is 2.07. The van der Waals surface area contributed by atoms with Gasteiger partial charge in [0.25, 0.3) is 0 Å². The second kappa shape index (κ2) is 8.03. The maximum absolute atomic E-state index is 11.9. The molecule has 0 aliphatic rings. The molecule has 0 spiro atoms. The van der Waals surface area contributed by atoms with Crippen molar-refractivity contribution in [2.75, 3.05) is 5.32 Å². The van der Waals surface area contributed by atoms with E-state index < -0.39 is 5.97 Å². The van der Waals surface area contributed by atoms with E-state index in [2.05, 4.69) is 10.2 Å². The highest BCUT2D eigenvalue weighted by molar-refractivity contribution is 6.01. The van der Waals surface area contributed by atoms with Crippen molar-refractivity contribution in [2.24, 2.45) is 7.05 Å². The Hall–Kier alpha value is -3.85. The summed E-state index contributed by atoms with van der Waals surface area (Å²) in [6.45, 7) is 10.9. The van der Waals surface area contributed by atoms with Gasteiger partial charge < -0.3 is 15.0 Å². The number of carbonyl (C=O) groups excluding carboxylic acids is 1. The van der Waals surface area contributed by atoms with Gasteiger partial charge in [-0.05, 0) is 35.2 Å². The molecule has 3 aromatic rings. The average molecular weight is 387 g/mol. The van der Waals surface area contributed by atoms with E-state index in [0.29, 0.717) is 34.6 Å². The Kier molecular flexibility index (Phi) is 5.51. The number of amides is 1. The highest BCUT2D eigenvalue weighted by Gasteiger charge is 2.25. The fourth-order valence-corrected chi connectivity index (χ4v) is 3.58. The highest BCUT2D eigenvalue weighted by atomic mass is 16.4. The first-order chi connectivity index (χ1) is 13.9. The van der Waals surface area contributed by atoms with Gasteiger partial charge in [-0.3, -0.25) is 4.79 Å². The van der Waals surface area contributed by atoms with Crippen LogP contribution in [0.25, 0.3) is 27.1 Å². The van der Waals surface area contributed by atoms with E-state index in [0.717, 1.165) is 11.1 Å². The van der Waals surface area contributed by atoms with Gasteiger partial charge in [0.1, 0.15) is 5.69 Å². The third kappa shape index (κ3) is 3.76.